The molecular formula is C19H25N3O3S. The van der Waals surface area contributed by atoms with Crippen LogP contribution in [0.3, 0.4) is 0 Å². The lowest BCUT2D eigenvalue weighted by Gasteiger charge is -2.35. The van der Waals surface area contributed by atoms with Crippen molar-refractivity contribution in [3.05, 3.63) is 23.3 Å². The summed E-state index contributed by atoms with van der Waals surface area (Å²) in [6, 6.07) is 3.70. The smallest absolute Gasteiger partial charge is 0.264 e. The molecule has 0 aromatic carbocycles. The summed E-state index contributed by atoms with van der Waals surface area (Å²) in [4.78, 5) is 29.6. The van der Waals surface area contributed by atoms with Gasteiger partial charge in [-0.15, -0.1) is 11.3 Å². The number of piperazine rings is 1. The molecule has 0 unspecified atom stereocenters. The SMILES string of the molecule is O=C(CCC1CCNCC1)N1CCN(C(=O)c2cc3occc3s2)CC1. The number of piperidine rings is 1. The first kappa shape index (κ1) is 17.5. The van der Waals surface area contributed by atoms with Crippen molar-refractivity contribution >= 4 is 33.4 Å². The van der Waals surface area contributed by atoms with Crippen LogP contribution >= 0.6 is 11.3 Å². The Hall–Kier alpha value is -1.86. The molecule has 2 aromatic rings. The Morgan fingerprint density at radius 1 is 1.15 bits per heavy atom. The van der Waals surface area contributed by atoms with Crippen molar-refractivity contribution in [1.82, 2.24) is 15.1 Å². The Morgan fingerprint density at radius 2 is 1.88 bits per heavy atom. The molecule has 6 nitrogen and oxygen atoms in total. The Labute approximate surface area is 157 Å². The van der Waals surface area contributed by atoms with Gasteiger partial charge in [-0.2, -0.15) is 0 Å². The van der Waals surface area contributed by atoms with Crippen LogP contribution in [0.5, 0.6) is 0 Å². The molecule has 0 aliphatic carbocycles. The molecule has 1 N–H and O–H groups in total. The first-order chi connectivity index (χ1) is 12.7. The van der Waals surface area contributed by atoms with Gasteiger partial charge in [0.25, 0.3) is 5.91 Å². The highest BCUT2D eigenvalue weighted by Crippen LogP contribution is 2.27. The normalized spacial score (nSPS) is 19.2. The average Bonchev–Trinajstić information content (AvgIpc) is 3.29. The third kappa shape index (κ3) is 3.78. The van der Waals surface area contributed by atoms with Crippen molar-refractivity contribution in [2.45, 2.75) is 25.7 Å². The van der Waals surface area contributed by atoms with Gasteiger partial charge in [-0.3, -0.25) is 9.59 Å². The predicted molar refractivity (Wildman–Crippen MR) is 101 cm³/mol. The molecule has 4 heterocycles. The second kappa shape index (κ2) is 7.80. The van der Waals surface area contributed by atoms with Gasteiger partial charge in [-0.25, -0.2) is 0 Å². The standard InChI is InChI=1S/C19H25N3O3S/c23-18(2-1-14-3-6-20-7-4-14)21-8-10-22(11-9-21)19(24)17-13-15-16(26-17)5-12-25-15/h5,12-14,20H,1-4,6-11H2. The van der Waals surface area contributed by atoms with Crippen LogP contribution in [0, 0.1) is 5.92 Å². The molecule has 0 atom stereocenters. The number of furan rings is 1. The van der Waals surface area contributed by atoms with Crippen molar-refractivity contribution < 1.29 is 14.0 Å². The van der Waals surface area contributed by atoms with Gasteiger partial charge in [0.1, 0.15) is 5.58 Å². The maximum absolute atomic E-state index is 12.7. The molecule has 2 aliphatic rings. The number of carbonyl (C=O) groups is 2. The number of hydrogen-bond donors (Lipinski definition) is 1. The number of nitrogens with zero attached hydrogens (tertiary/aromatic N) is 2. The van der Waals surface area contributed by atoms with Gasteiger partial charge in [0.05, 0.1) is 15.8 Å². The number of carbonyl (C=O) groups excluding carboxylic acids is 2. The van der Waals surface area contributed by atoms with E-state index in [1.54, 1.807) is 6.26 Å². The maximum atomic E-state index is 12.7. The molecule has 2 saturated heterocycles. The van der Waals surface area contributed by atoms with Crippen molar-refractivity contribution in [2.75, 3.05) is 39.3 Å². The van der Waals surface area contributed by atoms with Crippen molar-refractivity contribution in [1.29, 1.82) is 0 Å². The molecule has 0 saturated carbocycles. The monoisotopic (exact) mass is 375 g/mol. The fraction of sp³-hybridized carbons (Fsp3) is 0.579. The number of nitrogens with one attached hydrogen (secondary N) is 1. The van der Waals surface area contributed by atoms with Crippen LogP contribution in [0.15, 0.2) is 22.8 Å². The van der Waals surface area contributed by atoms with E-state index in [0.717, 1.165) is 29.8 Å². The van der Waals surface area contributed by atoms with Gasteiger partial charge in [0.15, 0.2) is 0 Å². The van der Waals surface area contributed by atoms with Crippen molar-refractivity contribution in [3.63, 3.8) is 0 Å². The fourth-order valence-corrected chi connectivity index (χ4v) is 4.79. The number of fused-ring (bicyclic) bond motifs is 1. The summed E-state index contributed by atoms with van der Waals surface area (Å²) in [6.07, 6.45) is 5.63. The molecule has 140 valence electrons. The lowest BCUT2D eigenvalue weighted by atomic mass is 9.93. The largest absolute Gasteiger partial charge is 0.463 e. The van der Waals surface area contributed by atoms with Gasteiger partial charge >= 0.3 is 0 Å². The van der Waals surface area contributed by atoms with Crippen LogP contribution in [0.25, 0.3) is 10.3 Å². The summed E-state index contributed by atoms with van der Waals surface area (Å²) in [7, 11) is 0. The van der Waals surface area contributed by atoms with Crippen LogP contribution in [-0.4, -0.2) is 60.9 Å². The Kier molecular flexibility index (Phi) is 5.26. The Morgan fingerprint density at radius 3 is 2.62 bits per heavy atom. The lowest BCUT2D eigenvalue weighted by Crippen LogP contribution is -2.50. The van der Waals surface area contributed by atoms with Crippen LogP contribution in [-0.2, 0) is 4.79 Å². The molecule has 0 radical (unpaired) electrons. The number of hydrogen-bond acceptors (Lipinski definition) is 5. The molecule has 2 fully saturated rings. The van der Waals surface area contributed by atoms with E-state index in [9.17, 15) is 9.59 Å². The van der Waals surface area contributed by atoms with E-state index in [4.69, 9.17) is 4.42 Å². The summed E-state index contributed by atoms with van der Waals surface area (Å²) in [5.41, 5.74) is 0.769. The number of rotatable bonds is 4. The topological polar surface area (TPSA) is 65.8 Å². The maximum Gasteiger partial charge on any atom is 0.264 e. The van der Waals surface area contributed by atoms with Crippen molar-refractivity contribution in [3.8, 4) is 0 Å². The highest BCUT2D eigenvalue weighted by molar-refractivity contribution is 7.20. The molecule has 0 bridgehead atoms. The van der Waals surface area contributed by atoms with Crippen LogP contribution in [0.2, 0.25) is 0 Å². The van der Waals surface area contributed by atoms with Gasteiger partial charge in [-0.1, -0.05) is 0 Å². The minimum absolute atomic E-state index is 0.0446. The van der Waals surface area contributed by atoms with Gasteiger partial charge in [0.2, 0.25) is 5.91 Å². The molecular weight excluding hydrogens is 350 g/mol. The Bertz CT molecular complexity index is 741. The van der Waals surface area contributed by atoms with Crippen molar-refractivity contribution in [2.24, 2.45) is 5.92 Å². The third-order valence-corrected chi connectivity index (χ3v) is 6.56. The van der Waals surface area contributed by atoms with Crippen LogP contribution in [0.1, 0.15) is 35.4 Å². The first-order valence-corrected chi connectivity index (χ1v) is 10.3. The lowest BCUT2D eigenvalue weighted by molar-refractivity contribution is -0.133. The van der Waals surface area contributed by atoms with Gasteiger partial charge in [-0.05, 0) is 44.3 Å². The van der Waals surface area contributed by atoms with Gasteiger partial charge < -0.3 is 19.5 Å². The molecule has 2 aromatic heterocycles. The van der Waals surface area contributed by atoms with E-state index in [0.29, 0.717) is 43.4 Å². The van der Waals surface area contributed by atoms with E-state index in [1.165, 1.54) is 24.2 Å². The van der Waals surface area contributed by atoms with E-state index in [-0.39, 0.29) is 11.8 Å². The van der Waals surface area contributed by atoms with Crippen LogP contribution in [0.4, 0.5) is 0 Å². The zero-order chi connectivity index (χ0) is 17.9. The van der Waals surface area contributed by atoms with E-state index >= 15 is 0 Å². The number of thiophene rings is 1. The van der Waals surface area contributed by atoms with Crippen LogP contribution < -0.4 is 5.32 Å². The molecule has 2 amide bonds. The molecule has 2 aliphatic heterocycles. The highest BCUT2D eigenvalue weighted by atomic mass is 32.1. The second-order valence-corrected chi connectivity index (χ2v) is 8.25. The van der Waals surface area contributed by atoms with E-state index < -0.39 is 0 Å². The molecule has 0 spiro atoms. The second-order valence-electron chi connectivity index (χ2n) is 7.16. The molecule has 26 heavy (non-hydrogen) atoms. The number of amides is 2. The minimum Gasteiger partial charge on any atom is -0.463 e. The molecule has 7 heteroatoms. The highest BCUT2D eigenvalue weighted by Gasteiger charge is 2.26. The average molecular weight is 375 g/mol. The predicted octanol–water partition coefficient (Wildman–Crippen LogP) is 2.56. The summed E-state index contributed by atoms with van der Waals surface area (Å²) < 4.78 is 6.34. The van der Waals surface area contributed by atoms with E-state index in [2.05, 4.69) is 5.32 Å². The first-order valence-electron chi connectivity index (χ1n) is 9.45. The van der Waals surface area contributed by atoms with Gasteiger partial charge in [0, 0.05) is 38.7 Å². The van der Waals surface area contributed by atoms with E-state index in [1.807, 2.05) is 21.9 Å². The minimum atomic E-state index is 0.0446. The summed E-state index contributed by atoms with van der Waals surface area (Å²) in [6.45, 7) is 4.64. The zero-order valence-electron chi connectivity index (χ0n) is 14.9. The summed E-state index contributed by atoms with van der Waals surface area (Å²) >= 11 is 1.47. The molecule has 4 rings (SSSR count). The summed E-state index contributed by atoms with van der Waals surface area (Å²) in [5, 5.41) is 3.36. The zero-order valence-corrected chi connectivity index (χ0v) is 15.7. The summed E-state index contributed by atoms with van der Waals surface area (Å²) in [5.74, 6) is 0.965. The quantitative estimate of drug-likeness (QED) is 0.892. The third-order valence-electron chi connectivity index (χ3n) is 5.49. The fourth-order valence-electron chi connectivity index (χ4n) is 3.84. The Balaban J connectivity index is 1.25.